The van der Waals surface area contributed by atoms with Gasteiger partial charge in [0.2, 0.25) is 0 Å². The Hall–Kier alpha value is -1.42. The van der Waals surface area contributed by atoms with Crippen LogP contribution in [-0.2, 0) is 11.3 Å². The summed E-state index contributed by atoms with van der Waals surface area (Å²) in [6.07, 6.45) is 4.85. The van der Waals surface area contributed by atoms with Gasteiger partial charge in [0, 0.05) is 24.8 Å². The van der Waals surface area contributed by atoms with Crippen LogP contribution in [0.4, 0.5) is 0 Å². The van der Waals surface area contributed by atoms with Crippen LogP contribution in [0.3, 0.4) is 0 Å². The Morgan fingerprint density at radius 3 is 2.94 bits per heavy atom. The van der Waals surface area contributed by atoms with E-state index < -0.39 is 5.97 Å². The average Bonchev–Trinajstić information content (AvgIpc) is 2.89. The molecule has 2 fully saturated rings. The maximum atomic E-state index is 11.2. The van der Waals surface area contributed by atoms with E-state index in [1.165, 1.54) is 0 Å². The Labute approximate surface area is 107 Å². The van der Waals surface area contributed by atoms with Gasteiger partial charge in [0.25, 0.3) is 0 Å². The van der Waals surface area contributed by atoms with Crippen LogP contribution in [0, 0.1) is 12.8 Å². The van der Waals surface area contributed by atoms with Crippen LogP contribution in [0.15, 0.2) is 18.3 Å². The van der Waals surface area contributed by atoms with E-state index in [1.807, 2.05) is 19.2 Å². The van der Waals surface area contributed by atoms with Gasteiger partial charge < -0.3 is 5.11 Å². The predicted octanol–water partition coefficient (Wildman–Crippen LogP) is 1.83. The molecule has 1 aromatic rings. The molecule has 0 aliphatic carbocycles. The van der Waals surface area contributed by atoms with Gasteiger partial charge in [0.05, 0.1) is 11.6 Å². The molecule has 0 radical (unpaired) electrons. The van der Waals surface area contributed by atoms with Gasteiger partial charge in [0.1, 0.15) is 0 Å². The van der Waals surface area contributed by atoms with E-state index >= 15 is 0 Å². The zero-order chi connectivity index (χ0) is 12.7. The van der Waals surface area contributed by atoms with E-state index in [0.717, 1.165) is 37.1 Å². The Morgan fingerprint density at radius 1 is 1.50 bits per heavy atom. The minimum Gasteiger partial charge on any atom is -0.481 e. The number of hydrogen-bond donors (Lipinski definition) is 1. The number of aryl methyl sites for hydroxylation is 1. The molecule has 2 bridgehead atoms. The topological polar surface area (TPSA) is 53.4 Å². The summed E-state index contributed by atoms with van der Waals surface area (Å²) in [5, 5.41) is 9.21. The highest BCUT2D eigenvalue weighted by Gasteiger charge is 2.49. The summed E-state index contributed by atoms with van der Waals surface area (Å²) in [7, 11) is 0. The minimum atomic E-state index is -0.635. The van der Waals surface area contributed by atoms with Crippen molar-refractivity contribution >= 4 is 5.97 Å². The standard InChI is InChI=1S/C14H18N2O2/c1-9-2-3-10(15-7-9)8-16-11-4-5-13(16)12(6-11)14(17)18/h2-3,7,11-13H,4-6,8H2,1H3,(H,17,18). The number of carboxylic acid groups (broad SMARTS) is 1. The second kappa shape index (κ2) is 4.35. The molecule has 2 aliphatic rings. The molecule has 3 unspecified atom stereocenters. The predicted molar refractivity (Wildman–Crippen MR) is 67.1 cm³/mol. The lowest BCUT2D eigenvalue weighted by Gasteiger charge is -2.22. The minimum absolute atomic E-state index is 0.172. The highest BCUT2D eigenvalue weighted by molar-refractivity contribution is 5.71. The van der Waals surface area contributed by atoms with E-state index in [2.05, 4.69) is 16.0 Å². The number of hydrogen-bond acceptors (Lipinski definition) is 3. The summed E-state index contributed by atoms with van der Waals surface area (Å²) in [6, 6.07) is 4.77. The molecular formula is C14H18N2O2. The van der Waals surface area contributed by atoms with E-state index in [4.69, 9.17) is 0 Å². The van der Waals surface area contributed by atoms with Crippen molar-refractivity contribution in [3.8, 4) is 0 Å². The Morgan fingerprint density at radius 2 is 2.33 bits per heavy atom. The van der Waals surface area contributed by atoms with Crippen LogP contribution in [0.2, 0.25) is 0 Å². The largest absolute Gasteiger partial charge is 0.481 e. The average molecular weight is 246 g/mol. The SMILES string of the molecule is Cc1ccc(CN2C3CCC2C(C(=O)O)C3)nc1. The van der Waals surface area contributed by atoms with Gasteiger partial charge in [-0.15, -0.1) is 0 Å². The first-order valence-corrected chi connectivity index (χ1v) is 6.55. The Kier molecular flexibility index (Phi) is 2.82. The van der Waals surface area contributed by atoms with Crippen molar-refractivity contribution in [3.05, 3.63) is 29.6 Å². The molecule has 3 atom stereocenters. The zero-order valence-corrected chi connectivity index (χ0v) is 10.5. The van der Waals surface area contributed by atoms with Crippen LogP contribution in [0.5, 0.6) is 0 Å². The first-order chi connectivity index (χ1) is 8.65. The van der Waals surface area contributed by atoms with Crippen molar-refractivity contribution in [2.75, 3.05) is 0 Å². The summed E-state index contributed by atoms with van der Waals surface area (Å²) in [6.45, 7) is 2.82. The van der Waals surface area contributed by atoms with Crippen LogP contribution < -0.4 is 0 Å². The molecule has 18 heavy (non-hydrogen) atoms. The van der Waals surface area contributed by atoms with E-state index in [-0.39, 0.29) is 12.0 Å². The third-order valence-corrected chi connectivity index (χ3v) is 4.32. The lowest BCUT2D eigenvalue weighted by atomic mass is 9.89. The monoisotopic (exact) mass is 246 g/mol. The van der Waals surface area contributed by atoms with Gasteiger partial charge in [-0.05, 0) is 37.8 Å². The first kappa shape index (κ1) is 11.7. The van der Waals surface area contributed by atoms with E-state index in [9.17, 15) is 9.90 Å². The van der Waals surface area contributed by atoms with Crippen LogP contribution in [-0.4, -0.2) is 33.0 Å². The third kappa shape index (κ3) is 1.90. The van der Waals surface area contributed by atoms with Crippen molar-refractivity contribution in [1.29, 1.82) is 0 Å². The molecule has 3 rings (SSSR count). The number of pyridine rings is 1. The lowest BCUT2D eigenvalue weighted by molar-refractivity contribution is -0.142. The van der Waals surface area contributed by atoms with Crippen LogP contribution in [0.25, 0.3) is 0 Å². The molecule has 96 valence electrons. The van der Waals surface area contributed by atoms with Crippen molar-refractivity contribution in [3.63, 3.8) is 0 Å². The summed E-state index contributed by atoms with van der Waals surface area (Å²) in [4.78, 5) is 18.0. The molecule has 1 aromatic heterocycles. The Bertz CT molecular complexity index is 457. The number of rotatable bonds is 3. The molecule has 3 heterocycles. The number of fused-ring (bicyclic) bond motifs is 2. The molecule has 4 heteroatoms. The molecule has 1 N–H and O–H groups in total. The normalized spacial score (nSPS) is 30.8. The number of carboxylic acids is 1. The third-order valence-electron chi connectivity index (χ3n) is 4.32. The van der Waals surface area contributed by atoms with Crippen molar-refractivity contribution < 1.29 is 9.90 Å². The maximum absolute atomic E-state index is 11.2. The summed E-state index contributed by atoms with van der Waals surface area (Å²) in [5.74, 6) is -0.807. The maximum Gasteiger partial charge on any atom is 0.308 e. The highest BCUT2D eigenvalue weighted by Crippen LogP contribution is 2.42. The van der Waals surface area contributed by atoms with Gasteiger partial charge in [-0.1, -0.05) is 6.07 Å². The smallest absolute Gasteiger partial charge is 0.308 e. The molecule has 0 saturated carbocycles. The molecule has 2 saturated heterocycles. The fraction of sp³-hybridized carbons (Fsp3) is 0.571. The van der Waals surface area contributed by atoms with E-state index in [1.54, 1.807) is 0 Å². The summed E-state index contributed by atoms with van der Waals surface area (Å²) < 4.78 is 0. The summed E-state index contributed by atoms with van der Waals surface area (Å²) >= 11 is 0. The number of carbonyl (C=O) groups is 1. The first-order valence-electron chi connectivity index (χ1n) is 6.55. The number of aromatic nitrogens is 1. The number of aliphatic carboxylic acids is 1. The van der Waals surface area contributed by atoms with Crippen molar-refractivity contribution in [2.24, 2.45) is 5.92 Å². The lowest BCUT2D eigenvalue weighted by Crippen LogP contribution is -2.32. The molecule has 0 spiro atoms. The quantitative estimate of drug-likeness (QED) is 0.884. The molecule has 4 nitrogen and oxygen atoms in total. The second-order valence-corrected chi connectivity index (χ2v) is 5.48. The molecular weight excluding hydrogens is 228 g/mol. The van der Waals surface area contributed by atoms with Crippen molar-refractivity contribution in [2.45, 2.75) is 44.8 Å². The summed E-state index contributed by atoms with van der Waals surface area (Å²) in [5.41, 5.74) is 2.20. The van der Waals surface area contributed by atoms with Crippen molar-refractivity contribution in [1.82, 2.24) is 9.88 Å². The van der Waals surface area contributed by atoms with Gasteiger partial charge in [-0.2, -0.15) is 0 Å². The van der Waals surface area contributed by atoms with Gasteiger partial charge in [-0.3, -0.25) is 14.7 Å². The van der Waals surface area contributed by atoms with Crippen LogP contribution >= 0.6 is 0 Å². The fourth-order valence-corrected chi connectivity index (χ4v) is 3.39. The fourth-order valence-electron chi connectivity index (χ4n) is 3.39. The van der Waals surface area contributed by atoms with E-state index in [0.29, 0.717) is 6.04 Å². The molecule has 0 amide bonds. The molecule has 2 aliphatic heterocycles. The molecule has 0 aromatic carbocycles. The van der Waals surface area contributed by atoms with Crippen LogP contribution in [0.1, 0.15) is 30.5 Å². The van der Waals surface area contributed by atoms with Gasteiger partial charge >= 0.3 is 5.97 Å². The Balaban J connectivity index is 1.74. The second-order valence-electron chi connectivity index (χ2n) is 5.48. The number of nitrogens with zero attached hydrogens (tertiary/aromatic N) is 2. The van der Waals surface area contributed by atoms with Gasteiger partial charge in [0.15, 0.2) is 0 Å². The zero-order valence-electron chi connectivity index (χ0n) is 10.5. The van der Waals surface area contributed by atoms with Gasteiger partial charge in [-0.25, -0.2) is 0 Å². The highest BCUT2D eigenvalue weighted by atomic mass is 16.4.